The highest BCUT2D eigenvalue weighted by molar-refractivity contribution is 6.04. The lowest BCUT2D eigenvalue weighted by molar-refractivity contribution is 0.102. The van der Waals surface area contributed by atoms with Gasteiger partial charge in [-0.1, -0.05) is 6.07 Å². The highest BCUT2D eigenvalue weighted by Gasteiger charge is 2.08. The number of carbonyl (C=O) groups excluding carboxylic acids is 1. The van der Waals surface area contributed by atoms with Gasteiger partial charge in [0.15, 0.2) is 0 Å². The first-order valence-electron chi connectivity index (χ1n) is 8.42. The van der Waals surface area contributed by atoms with Gasteiger partial charge in [0, 0.05) is 5.56 Å². The van der Waals surface area contributed by atoms with E-state index >= 15 is 0 Å². The first-order chi connectivity index (χ1) is 13.1. The summed E-state index contributed by atoms with van der Waals surface area (Å²) in [7, 11) is 3.21. The molecule has 0 aliphatic carbocycles. The number of hydrogen-bond acceptors (Lipinski definition) is 5. The Labute approximate surface area is 158 Å². The molecular weight excluding hydrogens is 342 g/mol. The Morgan fingerprint density at radius 3 is 2.37 bits per heavy atom. The van der Waals surface area contributed by atoms with Crippen LogP contribution in [-0.4, -0.2) is 25.1 Å². The third-order valence-electron chi connectivity index (χ3n) is 3.99. The van der Waals surface area contributed by atoms with Crippen molar-refractivity contribution in [2.24, 2.45) is 0 Å². The molecule has 0 aliphatic heterocycles. The van der Waals surface area contributed by atoms with Gasteiger partial charge in [0.05, 0.1) is 31.8 Å². The molecule has 138 valence electrons. The molecule has 3 rings (SSSR count). The summed E-state index contributed by atoms with van der Waals surface area (Å²) in [6.45, 7) is 2.01. The molecule has 0 bridgehead atoms. The average molecular weight is 363 g/mol. The number of carbonyl (C=O) groups is 1. The van der Waals surface area contributed by atoms with E-state index in [1.165, 1.54) is 0 Å². The van der Waals surface area contributed by atoms with Gasteiger partial charge < -0.3 is 20.1 Å². The first-order valence-corrected chi connectivity index (χ1v) is 8.42. The quantitative estimate of drug-likeness (QED) is 0.679. The van der Waals surface area contributed by atoms with Crippen LogP contribution in [0.15, 0.2) is 60.8 Å². The highest BCUT2D eigenvalue weighted by atomic mass is 16.5. The number of pyridine rings is 1. The molecular formula is C21H21N3O3. The zero-order chi connectivity index (χ0) is 19.2. The summed E-state index contributed by atoms with van der Waals surface area (Å²) in [4.78, 5) is 16.7. The van der Waals surface area contributed by atoms with Crippen molar-refractivity contribution in [3.8, 4) is 11.5 Å². The van der Waals surface area contributed by atoms with Gasteiger partial charge in [0.1, 0.15) is 17.3 Å². The molecule has 0 fully saturated rings. The zero-order valence-corrected chi connectivity index (χ0v) is 15.4. The van der Waals surface area contributed by atoms with Crippen LogP contribution >= 0.6 is 0 Å². The smallest absolute Gasteiger partial charge is 0.255 e. The second kappa shape index (κ2) is 8.23. The summed E-state index contributed by atoms with van der Waals surface area (Å²) < 4.78 is 10.5. The van der Waals surface area contributed by atoms with E-state index in [4.69, 9.17) is 9.47 Å². The number of aromatic nitrogens is 1. The number of rotatable bonds is 6. The van der Waals surface area contributed by atoms with E-state index in [0.29, 0.717) is 22.8 Å². The summed E-state index contributed by atoms with van der Waals surface area (Å²) >= 11 is 0. The molecule has 0 radical (unpaired) electrons. The van der Waals surface area contributed by atoms with Gasteiger partial charge >= 0.3 is 0 Å². The largest absolute Gasteiger partial charge is 0.497 e. The normalized spacial score (nSPS) is 10.2. The lowest BCUT2D eigenvalue weighted by Crippen LogP contribution is -2.12. The van der Waals surface area contributed by atoms with Crippen LogP contribution in [0, 0.1) is 6.92 Å². The Balaban J connectivity index is 1.68. The topological polar surface area (TPSA) is 72.5 Å². The van der Waals surface area contributed by atoms with Crippen molar-refractivity contribution in [2.45, 2.75) is 6.92 Å². The number of anilines is 3. The van der Waals surface area contributed by atoms with Gasteiger partial charge in [-0.05, 0) is 61.0 Å². The predicted octanol–water partition coefficient (Wildman–Crippen LogP) is 4.40. The maximum Gasteiger partial charge on any atom is 0.255 e. The molecule has 0 atom stereocenters. The number of amides is 1. The lowest BCUT2D eigenvalue weighted by Gasteiger charge is -2.12. The minimum absolute atomic E-state index is 0.208. The molecule has 3 aromatic rings. The maximum atomic E-state index is 12.3. The molecule has 1 heterocycles. The van der Waals surface area contributed by atoms with Crippen LogP contribution < -0.4 is 20.1 Å². The monoisotopic (exact) mass is 363 g/mol. The Kier molecular flexibility index (Phi) is 5.56. The molecule has 0 saturated carbocycles. The second-order valence-corrected chi connectivity index (χ2v) is 5.94. The SMILES string of the molecule is COc1ccc(C(=O)Nc2ccc(Nc3cc(C)ccc3OC)nc2)cc1. The summed E-state index contributed by atoms with van der Waals surface area (Å²) in [5.74, 6) is 1.89. The number of ether oxygens (including phenoxy) is 2. The van der Waals surface area contributed by atoms with Crippen molar-refractivity contribution in [2.75, 3.05) is 24.9 Å². The summed E-state index contributed by atoms with van der Waals surface area (Å²) in [6, 6.07) is 16.4. The fraction of sp³-hybridized carbons (Fsp3) is 0.143. The van der Waals surface area contributed by atoms with Crippen LogP contribution in [0.25, 0.3) is 0 Å². The van der Waals surface area contributed by atoms with Gasteiger partial charge in [0.25, 0.3) is 5.91 Å². The van der Waals surface area contributed by atoms with Crippen LogP contribution in [-0.2, 0) is 0 Å². The van der Waals surface area contributed by atoms with E-state index in [-0.39, 0.29) is 5.91 Å². The van der Waals surface area contributed by atoms with Gasteiger partial charge in [-0.3, -0.25) is 4.79 Å². The summed E-state index contributed by atoms with van der Waals surface area (Å²) in [5, 5.41) is 6.05. The minimum Gasteiger partial charge on any atom is -0.497 e. The van der Waals surface area contributed by atoms with Gasteiger partial charge in [-0.2, -0.15) is 0 Å². The molecule has 0 unspecified atom stereocenters. The third-order valence-corrected chi connectivity index (χ3v) is 3.99. The van der Waals surface area contributed by atoms with Crippen LogP contribution in [0.4, 0.5) is 17.2 Å². The molecule has 2 aromatic carbocycles. The molecule has 6 nitrogen and oxygen atoms in total. The molecule has 1 aromatic heterocycles. The fourth-order valence-corrected chi connectivity index (χ4v) is 2.54. The van der Waals surface area contributed by atoms with E-state index < -0.39 is 0 Å². The first kappa shape index (κ1) is 18.3. The Hall–Kier alpha value is -3.54. The number of methoxy groups -OCH3 is 2. The van der Waals surface area contributed by atoms with Gasteiger partial charge in [-0.25, -0.2) is 4.98 Å². The van der Waals surface area contributed by atoms with Crippen molar-refractivity contribution in [1.29, 1.82) is 0 Å². The molecule has 2 N–H and O–H groups in total. The van der Waals surface area contributed by atoms with Crippen molar-refractivity contribution in [3.63, 3.8) is 0 Å². The zero-order valence-electron chi connectivity index (χ0n) is 15.4. The Morgan fingerprint density at radius 1 is 0.963 bits per heavy atom. The number of benzene rings is 2. The van der Waals surface area contributed by atoms with Crippen LogP contribution in [0.5, 0.6) is 11.5 Å². The molecule has 0 saturated heterocycles. The van der Waals surface area contributed by atoms with Crippen molar-refractivity contribution in [3.05, 3.63) is 71.9 Å². The second-order valence-electron chi connectivity index (χ2n) is 5.94. The summed E-state index contributed by atoms with van der Waals surface area (Å²) in [5.41, 5.74) is 3.10. The minimum atomic E-state index is -0.208. The lowest BCUT2D eigenvalue weighted by atomic mass is 10.2. The molecule has 1 amide bonds. The van der Waals surface area contributed by atoms with Crippen LogP contribution in [0.2, 0.25) is 0 Å². The van der Waals surface area contributed by atoms with Crippen LogP contribution in [0.1, 0.15) is 15.9 Å². The van der Waals surface area contributed by atoms with E-state index in [0.717, 1.165) is 17.0 Å². The fourth-order valence-electron chi connectivity index (χ4n) is 2.54. The predicted molar refractivity (Wildman–Crippen MR) is 106 cm³/mol. The molecule has 0 aliphatic rings. The molecule has 0 spiro atoms. The standard InChI is InChI=1S/C21H21N3O3/c1-14-4-10-19(27-3)18(12-14)24-20-11-7-16(13-22-20)23-21(25)15-5-8-17(26-2)9-6-15/h4-13H,1-3H3,(H,22,24)(H,23,25). The van der Waals surface area contributed by atoms with E-state index in [1.807, 2.05) is 25.1 Å². The van der Waals surface area contributed by atoms with Gasteiger partial charge in [-0.15, -0.1) is 0 Å². The van der Waals surface area contributed by atoms with E-state index in [2.05, 4.69) is 15.6 Å². The van der Waals surface area contributed by atoms with Crippen molar-refractivity contribution < 1.29 is 14.3 Å². The van der Waals surface area contributed by atoms with Gasteiger partial charge in [0.2, 0.25) is 0 Å². The maximum absolute atomic E-state index is 12.3. The summed E-state index contributed by atoms with van der Waals surface area (Å²) in [6.07, 6.45) is 1.60. The van der Waals surface area contributed by atoms with Crippen molar-refractivity contribution >= 4 is 23.1 Å². The number of aryl methyl sites for hydroxylation is 1. The number of nitrogens with zero attached hydrogens (tertiary/aromatic N) is 1. The number of nitrogens with one attached hydrogen (secondary N) is 2. The van der Waals surface area contributed by atoms with Crippen molar-refractivity contribution in [1.82, 2.24) is 4.98 Å². The van der Waals surface area contributed by atoms with E-state index in [9.17, 15) is 4.79 Å². The highest BCUT2D eigenvalue weighted by Crippen LogP contribution is 2.28. The third kappa shape index (κ3) is 4.55. The van der Waals surface area contributed by atoms with Crippen LogP contribution in [0.3, 0.4) is 0 Å². The number of hydrogen-bond donors (Lipinski definition) is 2. The molecule has 27 heavy (non-hydrogen) atoms. The average Bonchev–Trinajstić information content (AvgIpc) is 2.70. The van der Waals surface area contributed by atoms with E-state index in [1.54, 1.807) is 56.8 Å². The Morgan fingerprint density at radius 2 is 1.74 bits per heavy atom. The Bertz CT molecular complexity index is 922. The molecule has 6 heteroatoms.